The van der Waals surface area contributed by atoms with E-state index in [1.54, 1.807) is 6.07 Å². The van der Waals surface area contributed by atoms with Crippen molar-refractivity contribution in [3.63, 3.8) is 0 Å². The number of fused-ring (bicyclic) bond motifs is 1. The van der Waals surface area contributed by atoms with Crippen LogP contribution in [0.4, 0.5) is 18.2 Å². The van der Waals surface area contributed by atoms with Gasteiger partial charge in [0.05, 0.1) is 10.6 Å². The Hall–Kier alpha value is -1.23. The SMILES string of the molecule is FC(F)(F)c1cccc2cc(N3CCCCC3)sc12. The molecule has 0 radical (unpaired) electrons. The first-order valence-electron chi connectivity index (χ1n) is 6.40. The molecule has 3 rings (SSSR count). The normalized spacial score (nSPS) is 17.1. The van der Waals surface area contributed by atoms with Crippen LogP contribution in [-0.2, 0) is 6.18 Å². The van der Waals surface area contributed by atoms with E-state index in [1.807, 2.05) is 6.07 Å². The fraction of sp³-hybridized carbons (Fsp3) is 0.429. The lowest BCUT2D eigenvalue weighted by Crippen LogP contribution is -2.28. The van der Waals surface area contributed by atoms with Gasteiger partial charge in [0.1, 0.15) is 0 Å². The molecule has 5 heteroatoms. The fourth-order valence-corrected chi connectivity index (χ4v) is 3.79. The zero-order valence-electron chi connectivity index (χ0n) is 10.3. The van der Waals surface area contributed by atoms with Gasteiger partial charge in [-0.05, 0) is 36.8 Å². The standard InChI is InChI=1S/C14H14F3NS/c15-14(16,17)11-6-4-5-10-9-12(19-13(10)11)18-7-2-1-3-8-18/h4-6,9H,1-3,7-8H2. The van der Waals surface area contributed by atoms with Crippen molar-refractivity contribution in [1.29, 1.82) is 0 Å². The van der Waals surface area contributed by atoms with Crippen molar-refractivity contribution in [2.24, 2.45) is 0 Å². The second-order valence-electron chi connectivity index (χ2n) is 4.85. The van der Waals surface area contributed by atoms with Crippen LogP contribution in [0.1, 0.15) is 24.8 Å². The van der Waals surface area contributed by atoms with Gasteiger partial charge in [-0.25, -0.2) is 0 Å². The molecule has 0 spiro atoms. The summed E-state index contributed by atoms with van der Waals surface area (Å²) in [5.74, 6) is 0. The molecule has 0 unspecified atom stereocenters. The molecule has 0 aliphatic carbocycles. The molecule has 2 aromatic rings. The molecule has 0 bridgehead atoms. The molecular weight excluding hydrogens is 271 g/mol. The summed E-state index contributed by atoms with van der Waals surface area (Å²) in [5, 5.41) is 1.66. The lowest BCUT2D eigenvalue weighted by Gasteiger charge is -2.27. The molecule has 102 valence electrons. The molecule has 0 saturated carbocycles. The Morgan fingerprint density at radius 3 is 2.47 bits per heavy atom. The van der Waals surface area contributed by atoms with Gasteiger partial charge in [0.2, 0.25) is 0 Å². The Morgan fingerprint density at radius 2 is 1.79 bits per heavy atom. The minimum Gasteiger partial charge on any atom is -0.363 e. The number of hydrogen-bond acceptors (Lipinski definition) is 2. The van der Waals surface area contributed by atoms with Crippen molar-refractivity contribution < 1.29 is 13.2 Å². The van der Waals surface area contributed by atoms with Gasteiger partial charge >= 0.3 is 6.18 Å². The molecule has 1 saturated heterocycles. The van der Waals surface area contributed by atoms with Crippen LogP contribution in [0, 0.1) is 0 Å². The molecule has 0 atom stereocenters. The van der Waals surface area contributed by atoms with Crippen LogP contribution >= 0.6 is 11.3 Å². The second kappa shape index (κ2) is 4.71. The predicted octanol–water partition coefficient (Wildman–Crippen LogP) is 4.91. The van der Waals surface area contributed by atoms with Gasteiger partial charge in [0.25, 0.3) is 0 Å². The first-order chi connectivity index (χ1) is 9.05. The Morgan fingerprint density at radius 1 is 1.05 bits per heavy atom. The van der Waals surface area contributed by atoms with E-state index in [0.29, 0.717) is 10.1 Å². The lowest BCUT2D eigenvalue weighted by molar-refractivity contribution is -0.136. The maximum atomic E-state index is 13.0. The zero-order chi connectivity index (χ0) is 13.5. The molecule has 0 amide bonds. The number of piperidine rings is 1. The molecule has 1 aliphatic rings. The van der Waals surface area contributed by atoms with E-state index in [-0.39, 0.29) is 0 Å². The number of hydrogen-bond donors (Lipinski definition) is 0. The Kier molecular flexibility index (Phi) is 3.17. The average molecular weight is 285 g/mol. The van der Waals surface area contributed by atoms with E-state index in [9.17, 15) is 13.2 Å². The first-order valence-corrected chi connectivity index (χ1v) is 7.22. The summed E-state index contributed by atoms with van der Waals surface area (Å²) in [5.41, 5.74) is -0.516. The molecule has 1 aromatic heterocycles. The van der Waals surface area contributed by atoms with Crippen molar-refractivity contribution in [2.45, 2.75) is 25.4 Å². The average Bonchev–Trinajstić information content (AvgIpc) is 2.82. The van der Waals surface area contributed by atoms with E-state index < -0.39 is 11.7 Å². The highest BCUT2D eigenvalue weighted by Gasteiger charge is 2.33. The predicted molar refractivity (Wildman–Crippen MR) is 72.9 cm³/mol. The van der Waals surface area contributed by atoms with Gasteiger partial charge in [-0.1, -0.05) is 12.1 Å². The van der Waals surface area contributed by atoms with E-state index in [2.05, 4.69) is 4.90 Å². The van der Waals surface area contributed by atoms with Crippen LogP contribution in [0.3, 0.4) is 0 Å². The van der Waals surface area contributed by atoms with E-state index >= 15 is 0 Å². The molecule has 1 fully saturated rings. The van der Waals surface area contributed by atoms with Crippen LogP contribution in [0.5, 0.6) is 0 Å². The molecule has 1 aliphatic heterocycles. The minimum absolute atomic E-state index is 0.357. The maximum absolute atomic E-state index is 13.0. The number of alkyl halides is 3. The summed E-state index contributed by atoms with van der Waals surface area (Å²) < 4.78 is 39.2. The minimum atomic E-state index is -4.27. The molecule has 1 nitrogen and oxygen atoms in total. The first kappa shape index (κ1) is 12.8. The second-order valence-corrected chi connectivity index (χ2v) is 5.88. The largest absolute Gasteiger partial charge is 0.417 e. The van der Waals surface area contributed by atoms with Crippen LogP contribution < -0.4 is 4.90 Å². The summed E-state index contributed by atoms with van der Waals surface area (Å²) in [6, 6.07) is 6.30. The summed E-state index contributed by atoms with van der Waals surface area (Å²) in [7, 11) is 0. The smallest absolute Gasteiger partial charge is 0.363 e. The zero-order valence-corrected chi connectivity index (χ0v) is 11.2. The van der Waals surface area contributed by atoms with Gasteiger partial charge in [0, 0.05) is 17.8 Å². The van der Waals surface area contributed by atoms with Crippen LogP contribution in [-0.4, -0.2) is 13.1 Å². The van der Waals surface area contributed by atoms with Crippen molar-refractivity contribution in [2.75, 3.05) is 18.0 Å². The highest BCUT2D eigenvalue weighted by molar-refractivity contribution is 7.23. The van der Waals surface area contributed by atoms with Crippen LogP contribution in [0.25, 0.3) is 10.1 Å². The lowest BCUT2D eigenvalue weighted by atomic mass is 10.1. The van der Waals surface area contributed by atoms with Crippen molar-refractivity contribution in [3.05, 3.63) is 29.8 Å². The number of anilines is 1. The monoisotopic (exact) mass is 285 g/mol. The molecular formula is C14H14F3NS. The van der Waals surface area contributed by atoms with Gasteiger partial charge in [0.15, 0.2) is 0 Å². The van der Waals surface area contributed by atoms with Crippen molar-refractivity contribution in [3.8, 4) is 0 Å². The van der Waals surface area contributed by atoms with E-state index in [0.717, 1.165) is 30.9 Å². The Bertz CT molecular complexity index is 582. The highest BCUT2D eigenvalue weighted by Crippen LogP contribution is 2.41. The van der Waals surface area contributed by atoms with Crippen molar-refractivity contribution in [1.82, 2.24) is 0 Å². The van der Waals surface area contributed by atoms with Gasteiger partial charge in [-0.2, -0.15) is 13.2 Å². The number of benzene rings is 1. The van der Waals surface area contributed by atoms with Gasteiger partial charge in [-0.3, -0.25) is 0 Å². The summed E-state index contributed by atoms with van der Waals surface area (Å²) in [4.78, 5) is 2.20. The van der Waals surface area contributed by atoms with E-state index in [1.165, 1.54) is 29.9 Å². The van der Waals surface area contributed by atoms with Crippen LogP contribution in [0.2, 0.25) is 0 Å². The number of nitrogens with zero attached hydrogens (tertiary/aromatic N) is 1. The Balaban J connectivity index is 2.05. The third kappa shape index (κ3) is 2.43. The molecule has 2 heterocycles. The highest BCUT2D eigenvalue weighted by atomic mass is 32.1. The number of rotatable bonds is 1. The summed E-state index contributed by atoms with van der Waals surface area (Å²) >= 11 is 1.26. The maximum Gasteiger partial charge on any atom is 0.417 e. The summed E-state index contributed by atoms with van der Waals surface area (Å²) in [6.45, 7) is 1.91. The Labute approximate surface area is 113 Å². The molecule has 19 heavy (non-hydrogen) atoms. The number of thiophene rings is 1. The van der Waals surface area contributed by atoms with Gasteiger partial charge in [-0.15, -0.1) is 11.3 Å². The quantitative estimate of drug-likeness (QED) is 0.719. The summed E-state index contributed by atoms with van der Waals surface area (Å²) in [6.07, 6.45) is -0.806. The third-order valence-electron chi connectivity index (χ3n) is 3.50. The topological polar surface area (TPSA) is 3.24 Å². The van der Waals surface area contributed by atoms with E-state index in [4.69, 9.17) is 0 Å². The molecule has 0 N–H and O–H groups in total. The van der Waals surface area contributed by atoms with Crippen molar-refractivity contribution >= 4 is 26.4 Å². The number of halogens is 3. The molecule has 1 aromatic carbocycles. The fourth-order valence-electron chi connectivity index (χ4n) is 2.54. The van der Waals surface area contributed by atoms with Crippen LogP contribution in [0.15, 0.2) is 24.3 Å². The third-order valence-corrected chi connectivity index (χ3v) is 4.75. The van der Waals surface area contributed by atoms with Gasteiger partial charge < -0.3 is 4.90 Å².